The van der Waals surface area contributed by atoms with Gasteiger partial charge in [0.15, 0.2) is 5.96 Å². The number of guanidine groups is 1. The highest BCUT2D eigenvalue weighted by Crippen LogP contribution is 2.18. The van der Waals surface area contributed by atoms with Crippen LogP contribution in [-0.2, 0) is 13.1 Å². The number of nitrogens with one attached hydrogen (secondary N) is 2. The Hall–Kier alpha value is -1.97. The first-order chi connectivity index (χ1) is 11.9. The van der Waals surface area contributed by atoms with Gasteiger partial charge < -0.3 is 15.5 Å². The van der Waals surface area contributed by atoms with E-state index in [9.17, 15) is 13.2 Å². The number of rotatable bonds is 5. The van der Waals surface area contributed by atoms with E-state index in [1.54, 1.807) is 32.1 Å². The second-order valence-electron chi connectivity index (χ2n) is 5.70. The SMILES string of the molecule is CN=C(NCc1ccc(N(C)C)c(F)c1)NCc1cc(F)ccc1F.I. The van der Waals surface area contributed by atoms with Crippen LogP contribution in [0.15, 0.2) is 41.4 Å². The lowest BCUT2D eigenvalue weighted by Crippen LogP contribution is -2.36. The molecule has 0 fully saturated rings. The van der Waals surface area contributed by atoms with Crippen LogP contribution in [0.2, 0.25) is 0 Å². The van der Waals surface area contributed by atoms with Crippen molar-refractivity contribution in [3.63, 3.8) is 0 Å². The number of aliphatic imine (C=N–C) groups is 1. The van der Waals surface area contributed by atoms with Crippen molar-refractivity contribution in [3.8, 4) is 0 Å². The number of hydrogen-bond acceptors (Lipinski definition) is 2. The van der Waals surface area contributed by atoms with Crippen LogP contribution in [-0.4, -0.2) is 27.1 Å². The molecule has 2 aromatic rings. The van der Waals surface area contributed by atoms with Gasteiger partial charge in [0.2, 0.25) is 0 Å². The van der Waals surface area contributed by atoms with Gasteiger partial charge in [-0.1, -0.05) is 6.07 Å². The molecule has 8 heteroatoms. The van der Waals surface area contributed by atoms with Crippen LogP contribution in [0.3, 0.4) is 0 Å². The van der Waals surface area contributed by atoms with Gasteiger partial charge in [-0.15, -0.1) is 24.0 Å². The molecule has 142 valence electrons. The fourth-order valence-corrected chi connectivity index (χ4v) is 2.29. The topological polar surface area (TPSA) is 39.7 Å². The molecule has 0 atom stereocenters. The van der Waals surface area contributed by atoms with Crippen molar-refractivity contribution in [1.82, 2.24) is 10.6 Å². The molecule has 0 spiro atoms. The second-order valence-corrected chi connectivity index (χ2v) is 5.70. The average Bonchev–Trinajstić information content (AvgIpc) is 2.57. The summed E-state index contributed by atoms with van der Waals surface area (Å²) in [6, 6.07) is 8.23. The Morgan fingerprint density at radius 2 is 1.65 bits per heavy atom. The van der Waals surface area contributed by atoms with Gasteiger partial charge in [0.05, 0.1) is 5.69 Å². The van der Waals surface area contributed by atoms with E-state index in [2.05, 4.69) is 15.6 Å². The molecule has 0 bridgehead atoms. The van der Waals surface area contributed by atoms with Crippen molar-refractivity contribution in [3.05, 3.63) is 65.0 Å². The summed E-state index contributed by atoms with van der Waals surface area (Å²) < 4.78 is 40.7. The molecule has 0 radical (unpaired) electrons. The van der Waals surface area contributed by atoms with E-state index in [0.29, 0.717) is 18.2 Å². The molecule has 0 amide bonds. The zero-order valence-electron chi connectivity index (χ0n) is 14.8. The molecule has 0 saturated carbocycles. The molecule has 4 nitrogen and oxygen atoms in total. The van der Waals surface area contributed by atoms with E-state index in [1.807, 2.05) is 6.07 Å². The summed E-state index contributed by atoms with van der Waals surface area (Å²) in [6.45, 7) is 0.424. The van der Waals surface area contributed by atoms with Crippen LogP contribution in [0, 0.1) is 17.5 Å². The maximum atomic E-state index is 14.0. The first-order valence-corrected chi connectivity index (χ1v) is 7.75. The smallest absolute Gasteiger partial charge is 0.191 e. The maximum Gasteiger partial charge on any atom is 0.191 e. The van der Waals surface area contributed by atoms with E-state index in [-0.39, 0.29) is 41.9 Å². The van der Waals surface area contributed by atoms with E-state index < -0.39 is 11.6 Å². The van der Waals surface area contributed by atoms with Gasteiger partial charge in [-0.05, 0) is 35.9 Å². The van der Waals surface area contributed by atoms with E-state index in [0.717, 1.165) is 23.8 Å². The van der Waals surface area contributed by atoms with Gasteiger partial charge in [-0.2, -0.15) is 0 Å². The molecular formula is C18H22F3IN4. The van der Waals surface area contributed by atoms with Crippen molar-refractivity contribution in [2.24, 2.45) is 4.99 Å². The Morgan fingerprint density at radius 3 is 2.27 bits per heavy atom. The van der Waals surface area contributed by atoms with Crippen LogP contribution in [0.25, 0.3) is 0 Å². The zero-order valence-corrected chi connectivity index (χ0v) is 17.1. The molecule has 2 aromatic carbocycles. The fraction of sp³-hybridized carbons (Fsp3) is 0.278. The summed E-state index contributed by atoms with van der Waals surface area (Å²) in [5.74, 6) is -0.905. The normalized spacial score (nSPS) is 10.9. The number of hydrogen-bond donors (Lipinski definition) is 2. The molecular weight excluding hydrogens is 456 g/mol. The van der Waals surface area contributed by atoms with E-state index in [1.165, 1.54) is 6.07 Å². The Kier molecular flexibility index (Phi) is 8.70. The summed E-state index contributed by atoms with van der Waals surface area (Å²) in [4.78, 5) is 5.71. The summed E-state index contributed by atoms with van der Waals surface area (Å²) in [7, 11) is 5.11. The average molecular weight is 478 g/mol. The maximum absolute atomic E-state index is 14.0. The van der Waals surface area contributed by atoms with Gasteiger partial charge in [-0.3, -0.25) is 4.99 Å². The molecule has 0 saturated heterocycles. The van der Waals surface area contributed by atoms with Crippen molar-refractivity contribution in [2.45, 2.75) is 13.1 Å². The zero-order chi connectivity index (χ0) is 18.4. The molecule has 0 aliphatic heterocycles. The standard InChI is InChI=1S/C18H21F3N4.HI/c1-22-18(24-11-13-9-14(19)5-6-15(13)20)23-10-12-4-7-17(25(2)3)16(21)8-12;/h4-9H,10-11H2,1-3H3,(H2,22,23,24);1H. The molecule has 26 heavy (non-hydrogen) atoms. The minimum absolute atomic E-state index is 0. The summed E-state index contributed by atoms with van der Waals surface area (Å²) in [5.41, 5.74) is 1.44. The quantitative estimate of drug-likeness (QED) is 0.392. The van der Waals surface area contributed by atoms with E-state index >= 15 is 0 Å². The van der Waals surface area contributed by atoms with Gasteiger partial charge >= 0.3 is 0 Å². The third-order valence-corrected chi connectivity index (χ3v) is 3.63. The predicted octanol–water partition coefficient (Wildman–Crippen LogP) is 3.65. The summed E-state index contributed by atoms with van der Waals surface area (Å²) in [6.07, 6.45) is 0. The van der Waals surface area contributed by atoms with Crippen LogP contribution >= 0.6 is 24.0 Å². The third kappa shape index (κ3) is 6.08. The molecule has 0 heterocycles. The fourth-order valence-electron chi connectivity index (χ4n) is 2.29. The van der Waals surface area contributed by atoms with Gasteiger partial charge in [-0.25, -0.2) is 13.2 Å². The first kappa shape index (κ1) is 22.1. The van der Waals surface area contributed by atoms with Crippen molar-refractivity contribution in [1.29, 1.82) is 0 Å². The van der Waals surface area contributed by atoms with Crippen LogP contribution in [0.5, 0.6) is 0 Å². The van der Waals surface area contributed by atoms with Crippen molar-refractivity contribution in [2.75, 3.05) is 26.0 Å². The highest BCUT2D eigenvalue weighted by Gasteiger charge is 2.07. The lowest BCUT2D eigenvalue weighted by molar-refractivity contribution is 0.581. The minimum Gasteiger partial charge on any atom is -0.375 e. The summed E-state index contributed by atoms with van der Waals surface area (Å²) >= 11 is 0. The van der Waals surface area contributed by atoms with Crippen LogP contribution in [0.1, 0.15) is 11.1 Å². The Balaban J connectivity index is 0.00000338. The minimum atomic E-state index is -0.502. The van der Waals surface area contributed by atoms with Gasteiger partial charge in [0, 0.05) is 39.8 Å². The molecule has 2 N–H and O–H groups in total. The molecule has 2 rings (SSSR count). The Bertz CT molecular complexity index is 766. The lowest BCUT2D eigenvalue weighted by atomic mass is 10.2. The Labute approximate surface area is 168 Å². The number of nitrogens with zero attached hydrogens (tertiary/aromatic N) is 2. The summed E-state index contributed by atoms with van der Waals surface area (Å²) in [5, 5.41) is 5.91. The highest BCUT2D eigenvalue weighted by molar-refractivity contribution is 14.0. The molecule has 0 aromatic heterocycles. The predicted molar refractivity (Wildman–Crippen MR) is 110 cm³/mol. The number of anilines is 1. The second kappa shape index (κ2) is 10.2. The number of benzene rings is 2. The van der Waals surface area contributed by atoms with E-state index in [4.69, 9.17) is 0 Å². The lowest BCUT2D eigenvalue weighted by Gasteiger charge is -2.15. The third-order valence-electron chi connectivity index (χ3n) is 3.63. The molecule has 0 unspecified atom stereocenters. The monoisotopic (exact) mass is 478 g/mol. The Morgan fingerprint density at radius 1 is 0.962 bits per heavy atom. The van der Waals surface area contributed by atoms with Crippen molar-refractivity contribution < 1.29 is 13.2 Å². The highest BCUT2D eigenvalue weighted by atomic mass is 127. The van der Waals surface area contributed by atoms with Crippen molar-refractivity contribution >= 4 is 35.6 Å². The van der Waals surface area contributed by atoms with Gasteiger partial charge in [0.25, 0.3) is 0 Å². The van der Waals surface area contributed by atoms with Crippen LogP contribution in [0.4, 0.5) is 18.9 Å². The molecule has 0 aliphatic carbocycles. The number of halogens is 4. The molecule has 0 aliphatic rings. The first-order valence-electron chi connectivity index (χ1n) is 7.75. The van der Waals surface area contributed by atoms with Crippen LogP contribution < -0.4 is 15.5 Å². The van der Waals surface area contributed by atoms with Gasteiger partial charge in [0.1, 0.15) is 17.5 Å². The largest absolute Gasteiger partial charge is 0.375 e.